The van der Waals surface area contributed by atoms with E-state index in [0.29, 0.717) is 13.1 Å². The number of nitrogens with one attached hydrogen (secondary N) is 2. The van der Waals surface area contributed by atoms with Crippen LogP contribution in [0.3, 0.4) is 0 Å². The van der Waals surface area contributed by atoms with Gasteiger partial charge in [-0.15, -0.1) is 0 Å². The van der Waals surface area contributed by atoms with E-state index >= 15 is 0 Å². The van der Waals surface area contributed by atoms with Crippen molar-refractivity contribution in [3.63, 3.8) is 0 Å². The minimum Gasteiger partial charge on any atom is -0.497 e. The highest BCUT2D eigenvalue weighted by Crippen LogP contribution is 2.11. The van der Waals surface area contributed by atoms with Crippen LogP contribution in [0.2, 0.25) is 0 Å². The summed E-state index contributed by atoms with van der Waals surface area (Å²) >= 11 is 0. The SMILES string of the molecule is COc1ccc(CCNCC(=O)NCc2ccccc2C)cc1. The molecule has 0 saturated carbocycles. The summed E-state index contributed by atoms with van der Waals surface area (Å²) < 4.78 is 5.13. The molecule has 0 unspecified atom stereocenters. The van der Waals surface area contributed by atoms with E-state index in [1.165, 1.54) is 11.1 Å². The van der Waals surface area contributed by atoms with Crippen molar-refractivity contribution in [2.45, 2.75) is 19.9 Å². The number of hydrogen-bond acceptors (Lipinski definition) is 3. The second kappa shape index (κ2) is 8.96. The molecule has 2 aromatic carbocycles. The van der Waals surface area contributed by atoms with Gasteiger partial charge in [-0.25, -0.2) is 0 Å². The minimum atomic E-state index is 0.0167. The van der Waals surface area contributed by atoms with E-state index in [4.69, 9.17) is 4.74 Å². The fraction of sp³-hybridized carbons (Fsp3) is 0.316. The van der Waals surface area contributed by atoms with Gasteiger partial charge in [-0.1, -0.05) is 36.4 Å². The number of carbonyl (C=O) groups is 1. The second-order valence-electron chi connectivity index (χ2n) is 5.48. The van der Waals surface area contributed by atoms with Crippen molar-refractivity contribution in [2.24, 2.45) is 0 Å². The lowest BCUT2D eigenvalue weighted by Gasteiger charge is -2.09. The number of carbonyl (C=O) groups excluding carboxylic acids is 1. The van der Waals surface area contributed by atoms with Crippen LogP contribution in [0.25, 0.3) is 0 Å². The quantitative estimate of drug-likeness (QED) is 0.736. The Bertz CT molecular complexity index is 624. The predicted molar refractivity (Wildman–Crippen MR) is 92.6 cm³/mol. The Hall–Kier alpha value is -2.33. The largest absolute Gasteiger partial charge is 0.497 e. The molecule has 0 aliphatic carbocycles. The Labute approximate surface area is 137 Å². The van der Waals surface area contributed by atoms with E-state index in [2.05, 4.69) is 23.6 Å². The van der Waals surface area contributed by atoms with E-state index in [1.54, 1.807) is 7.11 Å². The van der Waals surface area contributed by atoms with Gasteiger partial charge in [-0.05, 0) is 48.7 Å². The lowest BCUT2D eigenvalue weighted by Crippen LogP contribution is -2.34. The maximum Gasteiger partial charge on any atom is 0.234 e. The summed E-state index contributed by atoms with van der Waals surface area (Å²) in [5.74, 6) is 0.875. The van der Waals surface area contributed by atoms with E-state index in [-0.39, 0.29) is 5.91 Å². The molecule has 2 rings (SSSR count). The van der Waals surface area contributed by atoms with Crippen LogP contribution in [0.1, 0.15) is 16.7 Å². The molecule has 0 aliphatic rings. The van der Waals surface area contributed by atoms with E-state index in [0.717, 1.165) is 24.3 Å². The smallest absolute Gasteiger partial charge is 0.234 e. The van der Waals surface area contributed by atoms with Gasteiger partial charge in [-0.2, -0.15) is 0 Å². The first-order valence-electron chi connectivity index (χ1n) is 7.84. The maximum atomic E-state index is 11.8. The lowest BCUT2D eigenvalue weighted by atomic mass is 10.1. The highest BCUT2D eigenvalue weighted by atomic mass is 16.5. The first-order chi connectivity index (χ1) is 11.2. The Balaban J connectivity index is 1.63. The molecule has 0 saturated heterocycles. The number of ether oxygens (including phenoxy) is 1. The molecule has 122 valence electrons. The van der Waals surface area contributed by atoms with Gasteiger partial charge in [-0.3, -0.25) is 4.79 Å². The summed E-state index contributed by atoms with van der Waals surface area (Å²) in [6.07, 6.45) is 0.884. The molecular formula is C19H24N2O2. The van der Waals surface area contributed by atoms with Crippen LogP contribution in [0.4, 0.5) is 0 Å². The lowest BCUT2D eigenvalue weighted by molar-refractivity contribution is -0.120. The zero-order valence-electron chi connectivity index (χ0n) is 13.8. The normalized spacial score (nSPS) is 10.3. The molecule has 0 aliphatic heterocycles. The van der Waals surface area contributed by atoms with Gasteiger partial charge in [0.2, 0.25) is 5.91 Å². The fourth-order valence-electron chi connectivity index (χ4n) is 2.29. The number of hydrogen-bond donors (Lipinski definition) is 2. The average Bonchev–Trinajstić information content (AvgIpc) is 2.58. The van der Waals surface area contributed by atoms with E-state index in [1.807, 2.05) is 42.5 Å². The van der Waals surface area contributed by atoms with Crippen LogP contribution in [0.15, 0.2) is 48.5 Å². The number of aryl methyl sites for hydroxylation is 1. The molecule has 2 N–H and O–H groups in total. The number of benzene rings is 2. The average molecular weight is 312 g/mol. The third kappa shape index (κ3) is 5.75. The first kappa shape index (κ1) is 17.0. The molecule has 4 heteroatoms. The summed E-state index contributed by atoms with van der Waals surface area (Å²) in [4.78, 5) is 11.8. The summed E-state index contributed by atoms with van der Waals surface area (Å²) in [5, 5.41) is 6.11. The monoisotopic (exact) mass is 312 g/mol. The zero-order chi connectivity index (χ0) is 16.5. The summed E-state index contributed by atoms with van der Waals surface area (Å²) in [7, 11) is 1.66. The van der Waals surface area contributed by atoms with Gasteiger partial charge in [0.25, 0.3) is 0 Å². The third-order valence-electron chi connectivity index (χ3n) is 3.77. The van der Waals surface area contributed by atoms with Crippen LogP contribution in [-0.2, 0) is 17.8 Å². The van der Waals surface area contributed by atoms with Gasteiger partial charge < -0.3 is 15.4 Å². The molecule has 0 heterocycles. The molecule has 0 fully saturated rings. The van der Waals surface area contributed by atoms with Gasteiger partial charge in [0.1, 0.15) is 5.75 Å². The van der Waals surface area contributed by atoms with Crippen LogP contribution in [0.5, 0.6) is 5.75 Å². The van der Waals surface area contributed by atoms with Gasteiger partial charge in [0.15, 0.2) is 0 Å². The van der Waals surface area contributed by atoms with Crippen molar-refractivity contribution in [3.8, 4) is 5.75 Å². The topological polar surface area (TPSA) is 50.4 Å². The highest BCUT2D eigenvalue weighted by Gasteiger charge is 2.02. The fourth-order valence-corrected chi connectivity index (χ4v) is 2.29. The second-order valence-corrected chi connectivity index (χ2v) is 5.48. The van der Waals surface area contributed by atoms with E-state index in [9.17, 15) is 4.79 Å². The molecule has 23 heavy (non-hydrogen) atoms. The van der Waals surface area contributed by atoms with Crippen molar-refractivity contribution < 1.29 is 9.53 Å². The van der Waals surface area contributed by atoms with Gasteiger partial charge in [0, 0.05) is 6.54 Å². The van der Waals surface area contributed by atoms with Crippen molar-refractivity contribution in [1.29, 1.82) is 0 Å². The number of methoxy groups -OCH3 is 1. The van der Waals surface area contributed by atoms with Crippen molar-refractivity contribution in [2.75, 3.05) is 20.2 Å². The molecular weight excluding hydrogens is 288 g/mol. The third-order valence-corrected chi connectivity index (χ3v) is 3.77. The van der Waals surface area contributed by atoms with Crippen LogP contribution >= 0.6 is 0 Å². The van der Waals surface area contributed by atoms with E-state index < -0.39 is 0 Å². The number of amides is 1. The number of rotatable bonds is 8. The summed E-state index contributed by atoms with van der Waals surface area (Å²) in [6.45, 7) is 3.73. The van der Waals surface area contributed by atoms with Gasteiger partial charge in [0.05, 0.1) is 13.7 Å². The molecule has 0 spiro atoms. The Morgan fingerprint density at radius 1 is 1.09 bits per heavy atom. The zero-order valence-corrected chi connectivity index (χ0v) is 13.8. The summed E-state index contributed by atoms with van der Waals surface area (Å²) in [6, 6.07) is 16.1. The molecule has 0 atom stereocenters. The van der Waals surface area contributed by atoms with Crippen LogP contribution < -0.4 is 15.4 Å². The Morgan fingerprint density at radius 2 is 1.83 bits per heavy atom. The van der Waals surface area contributed by atoms with Crippen molar-refractivity contribution in [3.05, 3.63) is 65.2 Å². The highest BCUT2D eigenvalue weighted by molar-refractivity contribution is 5.78. The standard InChI is InChI=1S/C19H24N2O2/c1-15-5-3-4-6-17(15)13-21-19(22)14-20-12-11-16-7-9-18(23-2)10-8-16/h3-10,20H,11-14H2,1-2H3,(H,21,22). The Morgan fingerprint density at radius 3 is 2.52 bits per heavy atom. The Kier molecular flexibility index (Phi) is 6.63. The van der Waals surface area contributed by atoms with Crippen molar-refractivity contribution >= 4 is 5.91 Å². The van der Waals surface area contributed by atoms with Crippen molar-refractivity contribution in [1.82, 2.24) is 10.6 Å². The molecule has 1 amide bonds. The molecule has 2 aromatic rings. The molecule has 4 nitrogen and oxygen atoms in total. The van der Waals surface area contributed by atoms with Crippen LogP contribution in [-0.4, -0.2) is 26.1 Å². The van der Waals surface area contributed by atoms with Gasteiger partial charge >= 0.3 is 0 Å². The molecule has 0 aromatic heterocycles. The predicted octanol–water partition coefficient (Wildman–Crippen LogP) is 2.45. The maximum absolute atomic E-state index is 11.8. The van der Waals surface area contributed by atoms with Crippen LogP contribution in [0, 0.1) is 6.92 Å². The minimum absolute atomic E-state index is 0.0167. The first-order valence-corrected chi connectivity index (χ1v) is 7.84. The summed E-state index contributed by atoms with van der Waals surface area (Å²) in [5.41, 5.74) is 3.57. The molecule has 0 radical (unpaired) electrons. The molecule has 0 bridgehead atoms.